The Morgan fingerprint density at radius 3 is 2.26 bits per heavy atom. The van der Waals surface area contributed by atoms with Crippen molar-refractivity contribution in [3.05, 3.63) is 47.2 Å². The first-order valence-electron chi connectivity index (χ1n) is 22.2. The van der Waals surface area contributed by atoms with Gasteiger partial charge in [-0.1, -0.05) is 25.8 Å². The van der Waals surface area contributed by atoms with Crippen LogP contribution in [-0.2, 0) is 15.9 Å². The molecular formula is C46H46F13N7O4. The van der Waals surface area contributed by atoms with Crippen molar-refractivity contribution in [1.82, 2.24) is 24.8 Å². The number of nitrogens with zero attached hydrogens (tertiary/aromatic N) is 6. The molecule has 0 saturated carbocycles. The molecule has 3 fully saturated rings. The molecule has 11 nitrogen and oxygen atoms in total. The molecule has 1 amide bonds. The van der Waals surface area contributed by atoms with Crippen LogP contribution >= 0.6 is 0 Å². The number of terminal acetylenes is 1. The Balaban J connectivity index is 1.25. The van der Waals surface area contributed by atoms with E-state index in [1.807, 2.05) is 0 Å². The fourth-order valence-electron chi connectivity index (χ4n) is 10.6. The molecule has 0 aliphatic carbocycles. The molecule has 0 spiro atoms. The van der Waals surface area contributed by atoms with Gasteiger partial charge < -0.3 is 24.8 Å². The van der Waals surface area contributed by atoms with Crippen LogP contribution in [0.15, 0.2) is 24.3 Å². The van der Waals surface area contributed by atoms with Crippen LogP contribution in [0.2, 0.25) is 0 Å². The van der Waals surface area contributed by atoms with Crippen LogP contribution in [0.5, 0.6) is 6.01 Å². The number of piperazine rings is 1. The molecule has 4 aliphatic rings. The van der Waals surface area contributed by atoms with Crippen molar-refractivity contribution >= 4 is 39.3 Å². The lowest BCUT2D eigenvalue weighted by atomic mass is 9.90. The maximum absolute atomic E-state index is 17.7. The number of aromatic nitrogens is 3. The topological polar surface area (TPSA) is 119 Å². The predicted molar refractivity (Wildman–Crippen MR) is 228 cm³/mol. The van der Waals surface area contributed by atoms with Gasteiger partial charge in [-0.15, -0.1) is 6.42 Å². The van der Waals surface area contributed by atoms with Crippen LogP contribution in [0.1, 0.15) is 78.0 Å². The van der Waals surface area contributed by atoms with E-state index >= 15 is 17.6 Å². The molecule has 8 rings (SSSR count). The lowest BCUT2D eigenvalue weighted by Gasteiger charge is -2.52. The molecule has 380 valence electrons. The zero-order valence-electron chi connectivity index (χ0n) is 38.1. The van der Waals surface area contributed by atoms with Crippen LogP contribution in [0.3, 0.4) is 0 Å². The zero-order chi connectivity index (χ0) is 51.5. The molecule has 24 heteroatoms. The molecule has 3 saturated heterocycles. The highest BCUT2D eigenvalue weighted by atomic mass is 19.4. The fraction of sp³-hybridized carbons (Fsp3) is 0.565. The van der Waals surface area contributed by atoms with Crippen molar-refractivity contribution in [1.29, 1.82) is 0 Å². The van der Waals surface area contributed by atoms with E-state index in [1.165, 1.54) is 55.7 Å². The van der Waals surface area contributed by atoms with E-state index in [0.717, 1.165) is 6.07 Å². The van der Waals surface area contributed by atoms with Crippen molar-refractivity contribution in [3.8, 4) is 29.6 Å². The van der Waals surface area contributed by atoms with Gasteiger partial charge in [-0.05, 0) is 95.3 Å². The summed E-state index contributed by atoms with van der Waals surface area (Å²) in [6.07, 6.45) is -19.3. The summed E-state index contributed by atoms with van der Waals surface area (Å²) < 4.78 is 207. The summed E-state index contributed by atoms with van der Waals surface area (Å²) in [6.45, 7) is 4.58. The SMILES string of the molecule is C#Cc1c(F)ccc2cc(N)cc(-c3nc4c5c(nc(OC[C@@]67CCCN6[C@H](COC(C(F)(F)F)(C(F)(F)F)C(F)(F)F)CC7)nc5c3F)N3C[C@@](F)(CC)N(C(=O)OC(C)(C)C)C(F)[C@@H]3[C@@H](C)C4)c12. The molecule has 2 N–H and O–H groups in total. The number of nitrogens with two attached hydrogens (primary N) is 1. The second kappa shape index (κ2) is 17.0. The first-order chi connectivity index (χ1) is 32.4. The highest BCUT2D eigenvalue weighted by molar-refractivity contribution is 6.04. The summed E-state index contributed by atoms with van der Waals surface area (Å²) in [4.78, 5) is 30.3. The van der Waals surface area contributed by atoms with Gasteiger partial charge in [0.1, 0.15) is 35.1 Å². The molecule has 6 atom stereocenters. The summed E-state index contributed by atoms with van der Waals surface area (Å²) >= 11 is 0. The Morgan fingerprint density at radius 1 is 0.971 bits per heavy atom. The van der Waals surface area contributed by atoms with E-state index in [9.17, 15) is 44.3 Å². The molecule has 2 aromatic heterocycles. The lowest BCUT2D eigenvalue weighted by Crippen LogP contribution is -2.70. The number of amides is 1. The van der Waals surface area contributed by atoms with Crippen molar-refractivity contribution in [2.45, 2.75) is 133 Å². The Hall–Kier alpha value is -5.57. The average Bonchev–Trinajstić information content (AvgIpc) is 3.77. The van der Waals surface area contributed by atoms with Gasteiger partial charge in [0.2, 0.25) is 12.1 Å². The largest absolute Gasteiger partial charge is 0.461 e. The van der Waals surface area contributed by atoms with Crippen LogP contribution in [-0.4, -0.2) is 117 Å². The summed E-state index contributed by atoms with van der Waals surface area (Å²) in [5.74, 6) is -3.68. The van der Waals surface area contributed by atoms with E-state index in [2.05, 4.69) is 20.6 Å². The van der Waals surface area contributed by atoms with Crippen LogP contribution in [0.4, 0.5) is 73.4 Å². The molecule has 0 bridgehead atoms. The molecule has 1 unspecified atom stereocenters. The molecule has 0 radical (unpaired) electrons. The molecule has 70 heavy (non-hydrogen) atoms. The summed E-state index contributed by atoms with van der Waals surface area (Å²) in [7, 11) is 0. The molecule has 2 aromatic carbocycles. The number of halogens is 13. The van der Waals surface area contributed by atoms with Crippen LogP contribution < -0.4 is 15.4 Å². The maximum atomic E-state index is 17.7. The first-order valence-corrected chi connectivity index (χ1v) is 22.2. The fourth-order valence-corrected chi connectivity index (χ4v) is 10.6. The number of nitrogen functional groups attached to an aromatic ring is 1. The minimum atomic E-state index is -6.94. The normalized spacial score (nSPS) is 25.5. The third kappa shape index (κ3) is 8.11. The van der Waals surface area contributed by atoms with E-state index in [1.54, 1.807) is 6.92 Å². The number of carbonyl (C=O) groups excluding carboxylic acids is 1. The number of benzene rings is 2. The van der Waals surface area contributed by atoms with Gasteiger partial charge >= 0.3 is 36.2 Å². The Labute approximate surface area is 391 Å². The first kappa shape index (κ1) is 50.8. The Morgan fingerprint density at radius 2 is 1.64 bits per heavy atom. The Kier molecular flexibility index (Phi) is 12.4. The van der Waals surface area contributed by atoms with Gasteiger partial charge in [-0.3, -0.25) is 4.90 Å². The van der Waals surface area contributed by atoms with Gasteiger partial charge in [0.05, 0.1) is 41.4 Å². The number of rotatable bonds is 8. The zero-order valence-corrected chi connectivity index (χ0v) is 38.1. The second-order valence-corrected chi connectivity index (χ2v) is 19.3. The number of fused-ring (bicyclic) bond motifs is 4. The minimum absolute atomic E-state index is 0.00529. The number of anilines is 2. The molecule has 4 aliphatic heterocycles. The maximum Gasteiger partial charge on any atom is 0.435 e. The van der Waals surface area contributed by atoms with E-state index < -0.39 is 126 Å². The van der Waals surface area contributed by atoms with Crippen molar-refractivity contribution in [3.63, 3.8) is 0 Å². The van der Waals surface area contributed by atoms with Gasteiger partial charge in [-0.25, -0.2) is 32.2 Å². The molecule has 6 heterocycles. The predicted octanol–water partition coefficient (Wildman–Crippen LogP) is 10.5. The number of ether oxygens (including phenoxy) is 3. The van der Waals surface area contributed by atoms with E-state index in [-0.39, 0.29) is 77.7 Å². The standard InChI is InChI=1S/C46H46F13N7O4/c1-7-26-28(47)11-10-23-17-24(60)18-27(30(23)26)33-32(48)34-31-29(61-33)16-22(3)35-36(49)66(39(67)70-40(4,5)6)42(50,8-2)20-64(35)37(31)63-38(62-34)68-21-41-13-9-15-65(41)25(12-14-41)19-69-43(44(51,52)53,45(54,55)56)46(57,58)59/h1,10-11,17-18,22,25,35-36H,8-9,12-16,19-21,60H2,2-6H3/t22-,25-,35-,36?,41-,42+/m0/s1. The monoisotopic (exact) mass is 1010 g/mol. The highest BCUT2D eigenvalue weighted by Crippen LogP contribution is 2.56. The number of hydrogen-bond donors (Lipinski definition) is 1. The van der Waals surface area contributed by atoms with Gasteiger partial charge in [0.15, 0.2) is 5.82 Å². The second-order valence-electron chi connectivity index (χ2n) is 19.3. The van der Waals surface area contributed by atoms with Crippen molar-refractivity contribution in [2.24, 2.45) is 5.92 Å². The lowest BCUT2D eigenvalue weighted by molar-refractivity contribution is -0.458. The summed E-state index contributed by atoms with van der Waals surface area (Å²) in [6, 6.07) is 1.78. The smallest absolute Gasteiger partial charge is 0.435 e. The Bertz CT molecular complexity index is 2740. The summed E-state index contributed by atoms with van der Waals surface area (Å²) in [5, 5.41) is 0.217. The third-order valence-corrected chi connectivity index (χ3v) is 13.7. The highest BCUT2D eigenvalue weighted by Gasteiger charge is 2.85. The van der Waals surface area contributed by atoms with Gasteiger partial charge in [0, 0.05) is 22.7 Å². The van der Waals surface area contributed by atoms with E-state index in [0.29, 0.717) is 10.3 Å². The van der Waals surface area contributed by atoms with E-state index in [4.69, 9.17) is 26.6 Å². The molecule has 4 aromatic rings. The van der Waals surface area contributed by atoms with Crippen LogP contribution in [0, 0.1) is 29.9 Å². The van der Waals surface area contributed by atoms with Crippen molar-refractivity contribution < 1.29 is 76.1 Å². The number of hydrogen-bond acceptors (Lipinski definition) is 10. The summed E-state index contributed by atoms with van der Waals surface area (Å²) in [5.41, 5.74) is -3.82. The van der Waals surface area contributed by atoms with Gasteiger partial charge in [0.25, 0.3) is 0 Å². The minimum Gasteiger partial charge on any atom is -0.461 e. The number of alkyl halides is 11. The van der Waals surface area contributed by atoms with Gasteiger partial charge in [-0.2, -0.15) is 49.5 Å². The van der Waals surface area contributed by atoms with Crippen LogP contribution in [0.25, 0.3) is 32.9 Å². The quantitative estimate of drug-likeness (QED) is 0.0791. The molecular weight excluding hydrogens is 962 g/mol. The number of pyridine rings is 1. The third-order valence-electron chi connectivity index (χ3n) is 13.7. The number of carbonyl (C=O) groups is 1. The van der Waals surface area contributed by atoms with Crippen molar-refractivity contribution in [2.75, 3.05) is 36.9 Å². The average molecular weight is 1010 g/mol.